The van der Waals surface area contributed by atoms with Gasteiger partial charge in [0.25, 0.3) is 0 Å². The molecule has 0 aliphatic rings. The Labute approximate surface area is 351 Å². The number of carbonyl (C=O) groups excluding carboxylic acids is 2. The van der Waals surface area contributed by atoms with E-state index in [1.807, 2.05) is 0 Å². The largest absolute Gasteiger partial charge is 0.472 e. The second-order valence-electron chi connectivity index (χ2n) is 16.0. The lowest BCUT2D eigenvalue weighted by Crippen LogP contribution is -2.29. The summed E-state index contributed by atoms with van der Waals surface area (Å²) in [5.41, 5.74) is 5.35. The summed E-state index contributed by atoms with van der Waals surface area (Å²) in [5.74, 6) is -0.834. The molecule has 57 heavy (non-hydrogen) atoms. The molecule has 0 radical (unpaired) electrons. The van der Waals surface area contributed by atoms with Crippen molar-refractivity contribution in [3.8, 4) is 0 Å². The van der Waals surface area contributed by atoms with Crippen molar-refractivity contribution in [2.45, 2.75) is 238 Å². The zero-order valence-electron chi connectivity index (χ0n) is 37.1. The van der Waals surface area contributed by atoms with Crippen LogP contribution in [0.2, 0.25) is 0 Å². The molecule has 0 aromatic rings. The van der Waals surface area contributed by atoms with Gasteiger partial charge in [0.05, 0.1) is 13.2 Å². The number of phosphoric acid groups is 1. The predicted octanol–water partition coefficient (Wildman–Crippen LogP) is 13.9. The SMILES string of the molecule is CCCCC/C=C/C/C=C/CCCCCCCC(=O)O[C@@H](COC(=O)CCCCCCCCCCCCCCCCCCCCCCC)COP(=O)(O)OCCN. The Balaban J connectivity index is 4.05. The molecule has 0 bridgehead atoms. The van der Waals surface area contributed by atoms with Gasteiger partial charge in [-0.3, -0.25) is 18.6 Å². The molecule has 10 heteroatoms. The van der Waals surface area contributed by atoms with Crippen LogP contribution < -0.4 is 5.73 Å². The fraction of sp³-hybridized carbons (Fsp3) is 0.872. The Morgan fingerprint density at radius 2 is 0.912 bits per heavy atom. The van der Waals surface area contributed by atoms with E-state index in [2.05, 4.69) is 38.2 Å². The van der Waals surface area contributed by atoms with Crippen LogP contribution in [0.5, 0.6) is 0 Å². The van der Waals surface area contributed by atoms with Crippen LogP contribution in [0.4, 0.5) is 0 Å². The first-order chi connectivity index (χ1) is 27.8. The highest BCUT2D eigenvalue weighted by atomic mass is 31.2. The molecule has 0 heterocycles. The standard InChI is InChI=1S/C47H90NO8P/c1-3-5-7-9-11-13-15-17-19-20-21-22-23-24-26-27-29-31-33-35-37-39-46(49)53-43-45(44-55-57(51,52)54-42-41-48)56-47(50)40-38-36-34-32-30-28-25-18-16-14-12-10-8-6-4-2/h12,14,18,25,45H,3-11,13,15-17,19-24,26-44,48H2,1-2H3,(H,51,52)/b14-12+,25-18+/t45-/m0/s1. The van der Waals surface area contributed by atoms with E-state index in [4.69, 9.17) is 24.3 Å². The molecule has 0 amide bonds. The van der Waals surface area contributed by atoms with Gasteiger partial charge in [0.1, 0.15) is 6.61 Å². The van der Waals surface area contributed by atoms with Crippen LogP contribution in [0.15, 0.2) is 24.3 Å². The van der Waals surface area contributed by atoms with Gasteiger partial charge in [0, 0.05) is 19.4 Å². The third-order valence-electron chi connectivity index (χ3n) is 10.3. The summed E-state index contributed by atoms with van der Waals surface area (Å²) in [6, 6.07) is 0. The molecule has 0 aromatic heterocycles. The third-order valence-corrected chi connectivity index (χ3v) is 11.3. The van der Waals surface area contributed by atoms with Gasteiger partial charge in [-0.25, -0.2) is 4.57 Å². The van der Waals surface area contributed by atoms with Crippen molar-refractivity contribution < 1.29 is 37.6 Å². The number of unbranched alkanes of at least 4 members (excludes halogenated alkanes) is 28. The molecule has 9 nitrogen and oxygen atoms in total. The van der Waals surface area contributed by atoms with Crippen LogP contribution in [0, 0.1) is 0 Å². The summed E-state index contributed by atoms with van der Waals surface area (Å²) in [6.45, 7) is 3.72. The molecule has 0 rings (SSSR count). The Morgan fingerprint density at radius 3 is 1.37 bits per heavy atom. The van der Waals surface area contributed by atoms with Crippen molar-refractivity contribution in [1.29, 1.82) is 0 Å². The predicted molar refractivity (Wildman–Crippen MR) is 238 cm³/mol. The van der Waals surface area contributed by atoms with E-state index in [0.717, 1.165) is 57.8 Å². The summed E-state index contributed by atoms with van der Waals surface area (Å²) in [7, 11) is -4.38. The zero-order valence-corrected chi connectivity index (χ0v) is 38.0. The van der Waals surface area contributed by atoms with E-state index < -0.39 is 26.5 Å². The molecule has 0 saturated heterocycles. The maximum atomic E-state index is 12.6. The minimum Gasteiger partial charge on any atom is -0.462 e. The average Bonchev–Trinajstić information content (AvgIpc) is 3.20. The average molecular weight is 828 g/mol. The lowest BCUT2D eigenvalue weighted by Gasteiger charge is -2.19. The van der Waals surface area contributed by atoms with E-state index in [1.165, 1.54) is 141 Å². The van der Waals surface area contributed by atoms with Crippen LogP contribution in [0.25, 0.3) is 0 Å². The first-order valence-electron chi connectivity index (χ1n) is 23.8. The smallest absolute Gasteiger partial charge is 0.462 e. The Bertz CT molecular complexity index is 990. The van der Waals surface area contributed by atoms with Gasteiger partial charge in [-0.15, -0.1) is 0 Å². The quantitative estimate of drug-likeness (QED) is 0.0266. The van der Waals surface area contributed by atoms with Gasteiger partial charge >= 0.3 is 19.8 Å². The Morgan fingerprint density at radius 1 is 0.526 bits per heavy atom. The molecule has 1 unspecified atom stereocenters. The lowest BCUT2D eigenvalue weighted by molar-refractivity contribution is -0.161. The van der Waals surface area contributed by atoms with Crippen molar-refractivity contribution in [3.63, 3.8) is 0 Å². The Kier molecular flexibility index (Phi) is 42.9. The molecule has 0 spiro atoms. The van der Waals surface area contributed by atoms with E-state index in [-0.39, 0.29) is 38.6 Å². The molecule has 336 valence electrons. The molecular formula is C47H90NO8P. The van der Waals surface area contributed by atoms with Crippen molar-refractivity contribution in [3.05, 3.63) is 24.3 Å². The number of carbonyl (C=O) groups is 2. The fourth-order valence-corrected chi connectivity index (χ4v) is 7.55. The topological polar surface area (TPSA) is 134 Å². The normalized spacial score (nSPS) is 13.4. The van der Waals surface area contributed by atoms with E-state index in [9.17, 15) is 19.0 Å². The van der Waals surface area contributed by atoms with Gasteiger partial charge in [-0.05, 0) is 44.9 Å². The molecule has 0 aliphatic heterocycles. The molecule has 0 aliphatic carbocycles. The maximum Gasteiger partial charge on any atom is 0.472 e. The highest BCUT2D eigenvalue weighted by Gasteiger charge is 2.26. The third kappa shape index (κ3) is 43.9. The Hall–Kier alpha value is -1.51. The highest BCUT2D eigenvalue weighted by molar-refractivity contribution is 7.47. The summed E-state index contributed by atoms with van der Waals surface area (Å²) in [5, 5.41) is 0. The minimum absolute atomic E-state index is 0.0526. The zero-order chi connectivity index (χ0) is 41.8. The van der Waals surface area contributed by atoms with E-state index >= 15 is 0 Å². The van der Waals surface area contributed by atoms with Crippen LogP contribution >= 0.6 is 7.82 Å². The molecule has 0 saturated carbocycles. The summed E-state index contributed by atoms with van der Waals surface area (Å²) in [4.78, 5) is 34.9. The number of rotatable bonds is 45. The minimum atomic E-state index is -4.38. The van der Waals surface area contributed by atoms with Gasteiger partial charge in [-0.2, -0.15) is 0 Å². The highest BCUT2D eigenvalue weighted by Crippen LogP contribution is 2.43. The van der Waals surface area contributed by atoms with Gasteiger partial charge in [0.15, 0.2) is 6.10 Å². The summed E-state index contributed by atoms with van der Waals surface area (Å²) in [6.07, 6.45) is 47.8. The summed E-state index contributed by atoms with van der Waals surface area (Å²) >= 11 is 0. The van der Waals surface area contributed by atoms with E-state index in [0.29, 0.717) is 6.42 Å². The van der Waals surface area contributed by atoms with Crippen molar-refractivity contribution in [1.82, 2.24) is 0 Å². The number of phosphoric ester groups is 1. The van der Waals surface area contributed by atoms with Gasteiger partial charge in [0.2, 0.25) is 0 Å². The van der Waals surface area contributed by atoms with Crippen molar-refractivity contribution >= 4 is 19.8 Å². The second kappa shape index (κ2) is 44.1. The van der Waals surface area contributed by atoms with E-state index in [1.54, 1.807) is 0 Å². The van der Waals surface area contributed by atoms with Gasteiger partial charge < -0.3 is 20.1 Å². The van der Waals surface area contributed by atoms with Crippen molar-refractivity contribution in [2.75, 3.05) is 26.4 Å². The number of allylic oxidation sites excluding steroid dienone is 4. The van der Waals surface area contributed by atoms with Crippen LogP contribution in [-0.2, 0) is 32.7 Å². The number of nitrogens with two attached hydrogens (primary N) is 1. The number of ether oxygens (including phenoxy) is 2. The number of hydrogen-bond donors (Lipinski definition) is 2. The number of esters is 2. The molecule has 0 fully saturated rings. The van der Waals surface area contributed by atoms with Crippen LogP contribution in [0.1, 0.15) is 232 Å². The number of hydrogen-bond acceptors (Lipinski definition) is 8. The van der Waals surface area contributed by atoms with Crippen LogP contribution in [0.3, 0.4) is 0 Å². The monoisotopic (exact) mass is 828 g/mol. The first kappa shape index (κ1) is 55.5. The lowest BCUT2D eigenvalue weighted by atomic mass is 10.0. The fourth-order valence-electron chi connectivity index (χ4n) is 6.78. The summed E-state index contributed by atoms with van der Waals surface area (Å²) < 4.78 is 32.8. The second-order valence-corrected chi connectivity index (χ2v) is 17.4. The molecule has 0 aromatic carbocycles. The van der Waals surface area contributed by atoms with Gasteiger partial charge in [-0.1, -0.05) is 199 Å². The molecule has 3 N–H and O–H groups in total. The van der Waals surface area contributed by atoms with Crippen molar-refractivity contribution in [2.24, 2.45) is 5.73 Å². The molecular weight excluding hydrogens is 737 g/mol. The van der Waals surface area contributed by atoms with Crippen LogP contribution in [-0.4, -0.2) is 49.3 Å². The first-order valence-corrected chi connectivity index (χ1v) is 25.3. The maximum absolute atomic E-state index is 12.6. The molecule has 2 atom stereocenters.